The lowest BCUT2D eigenvalue weighted by atomic mass is 9.85. The standard InChI is InChI=1S/C14H14N2O3S/c1-2-9-10-7-11(20-8-3-5-15-6-4-8)12(14(18)19)16(10)13(9)17/h3-6,9-10H,2,7H2,1H3,(H,18,19)/t9-,10-/m1/s1. The molecule has 0 radical (unpaired) electrons. The number of fused-ring (bicyclic) bond motifs is 1. The van der Waals surface area contributed by atoms with Gasteiger partial charge in [0.2, 0.25) is 5.91 Å². The van der Waals surface area contributed by atoms with E-state index >= 15 is 0 Å². The molecule has 1 aromatic rings. The molecule has 0 spiro atoms. The SMILES string of the molecule is CC[C@H]1C(=O)N2C(C(=O)O)=C(Sc3ccncc3)C[C@H]12. The predicted octanol–water partition coefficient (Wildman–Crippen LogP) is 2.11. The van der Waals surface area contributed by atoms with Gasteiger partial charge in [0.25, 0.3) is 0 Å². The van der Waals surface area contributed by atoms with Gasteiger partial charge in [-0.05, 0) is 18.6 Å². The van der Waals surface area contributed by atoms with E-state index in [-0.39, 0.29) is 23.6 Å². The molecule has 0 aromatic carbocycles. The zero-order valence-electron chi connectivity index (χ0n) is 10.9. The lowest BCUT2D eigenvalue weighted by Gasteiger charge is -2.42. The van der Waals surface area contributed by atoms with Gasteiger partial charge in [0.15, 0.2) is 0 Å². The Hall–Kier alpha value is -1.82. The van der Waals surface area contributed by atoms with Gasteiger partial charge in [0.05, 0.1) is 12.0 Å². The summed E-state index contributed by atoms with van der Waals surface area (Å²) in [5, 5.41) is 9.38. The van der Waals surface area contributed by atoms with Gasteiger partial charge in [-0.25, -0.2) is 4.79 Å². The highest BCUT2D eigenvalue weighted by Crippen LogP contribution is 2.48. The van der Waals surface area contributed by atoms with Crippen LogP contribution in [0.25, 0.3) is 0 Å². The molecule has 2 aliphatic heterocycles. The Balaban J connectivity index is 1.90. The van der Waals surface area contributed by atoms with Crippen LogP contribution in [0.15, 0.2) is 40.0 Å². The van der Waals surface area contributed by atoms with Gasteiger partial charge in [-0.15, -0.1) is 0 Å². The van der Waals surface area contributed by atoms with Crippen molar-refractivity contribution in [2.45, 2.75) is 30.7 Å². The highest BCUT2D eigenvalue weighted by atomic mass is 32.2. The predicted molar refractivity (Wildman–Crippen MR) is 73.8 cm³/mol. The Morgan fingerprint density at radius 2 is 2.20 bits per heavy atom. The van der Waals surface area contributed by atoms with Crippen LogP contribution < -0.4 is 0 Å². The molecule has 104 valence electrons. The average Bonchev–Trinajstić information content (AvgIpc) is 2.76. The Morgan fingerprint density at radius 3 is 2.80 bits per heavy atom. The summed E-state index contributed by atoms with van der Waals surface area (Å²) in [5.41, 5.74) is 0.159. The molecule has 3 rings (SSSR count). The van der Waals surface area contributed by atoms with Crippen LogP contribution in [-0.2, 0) is 9.59 Å². The minimum absolute atomic E-state index is 0.0279. The van der Waals surface area contributed by atoms with Crippen molar-refractivity contribution < 1.29 is 14.7 Å². The molecule has 1 fully saturated rings. The molecular weight excluding hydrogens is 276 g/mol. The molecule has 0 bridgehead atoms. The van der Waals surface area contributed by atoms with Crippen molar-refractivity contribution >= 4 is 23.6 Å². The zero-order valence-corrected chi connectivity index (χ0v) is 11.8. The number of carboxylic acids is 1. The van der Waals surface area contributed by atoms with Gasteiger partial charge in [-0.3, -0.25) is 9.78 Å². The number of amides is 1. The molecule has 6 heteroatoms. The number of pyridine rings is 1. The van der Waals surface area contributed by atoms with Crippen molar-refractivity contribution in [3.05, 3.63) is 35.1 Å². The molecule has 0 saturated carbocycles. The van der Waals surface area contributed by atoms with E-state index in [9.17, 15) is 14.7 Å². The number of thioether (sulfide) groups is 1. The summed E-state index contributed by atoms with van der Waals surface area (Å²) in [6, 6.07) is 3.71. The third kappa shape index (κ3) is 1.91. The third-order valence-electron chi connectivity index (χ3n) is 3.78. The Morgan fingerprint density at radius 1 is 1.50 bits per heavy atom. The van der Waals surface area contributed by atoms with Crippen LogP contribution in [-0.4, -0.2) is 32.9 Å². The number of aliphatic carboxylic acids is 1. The number of carbonyl (C=O) groups is 2. The topological polar surface area (TPSA) is 70.5 Å². The van der Waals surface area contributed by atoms with E-state index in [1.807, 2.05) is 19.1 Å². The molecule has 0 unspecified atom stereocenters. The van der Waals surface area contributed by atoms with Crippen LogP contribution in [0, 0.1) is 5.92 Å². The monoisotopic (exact) mass is 290 g/mol. The number of carboxylic acid groups (broad SMARTS) is 1. The summed E-state index contributed by atoms with van der Waals surface area (Å²) in [4.78, 5) is 30.6. The molecule has 2 aliphatic rings. The summed E-state index contributed by atoms with van der Waals surface area (Å²) in [7, 11) is 0. The first-order valence-corrected chi connectivity index (χ1v) is 7.32. The van der Waals surface area contributed by atoms with Crippen molar-refractivity contribution in [2.75, 3.05) is 0 Å². The van der Waals surface area contributed by atoms with Crippen molar-refractivity contribution in [3.8, 4) is 0 Å². The largest absolute Gasteiger partial charge is 0.477 e. The maximum absolute atomic E-state index is 12.0. The van der Waals surface area contributed by atoms with Crippen LogP contribution in [0.3, 0.4) is 0 Å². The zero-order chi connectivity index (χ0) is 14.3. The van der Waals surface area contributed by atoms with Crippen LogP contribution in [0.5, 0.6) is 0 Å². The Kier molecular flexibility index (Phi) is 3.25. The van der Waals surface area contributed by atoms with Crippen molar-refractivity contribution in [1.29, 1.82) is 0 Å². The van der Waals surface area contributed by atoms with Crippen molar-refractivity contribution in [2.24, 2.45) is 5.92 Å². The van der Waals surface area contributed by atoms with E-state index in [2.05, 4.69) is 4.98 Å². The average molecular weight is 290 g/mol. The molecular formula is C14H14N2O3S. The lowest BCUT2D eigenvalue weighted by Crippen LogP contribution is -2.58. The van der Waals surface area contributed by atoms with Gasteiger partial charge in [-0.2, -0.15) is 0 Å². The number of carbonyl (C=O) groups excluding carboxylic acids is 1. The summed E-state index contributed by atoms with van der Waals surface area (Å²) in [5.74, 6) is -1.10. The highest BCUT2D eigenvalue weighted by molar-refractivity contribution is 8.03. The second kappa shape index (κ2) is 4.94. The second-order valence-electron chi connectivity index (χ2n) is 4.86. The van der Waals surface area contributed by atoms with E-state index in [1.165, 1.54) is 16.7 Å². The van der Waals surface area contributed by atoms with Gasteiger partial charge in [0.1, 0.15) is 5.70 Å². The first kappa shape index (κ1) is 13.2. The lowest BCUT2D eigenvalue weighted by molar-refractivity contribution is -0.155. The van der Waals surface area contributed by atoms with E-state index < -0.39 is 5.97 Å². The number of rotatable bonds is 4. The number of hydrogen-bond acceptors (Lipinski definition) is 4. The normalized spacial score (nSPS) is 24.6. The number of hydrogen-bond donors (Lipinski definition) is 1. The second-order valence-corrected chi connectivity index (χ2v) is 6.02. The Bertz CT molecular complexity index is 600. The summed E-state index contributed by atoms with van der Waals surface area (Å²) in [6.07, 6.45) is 4.75. The minimum Gasteiger partial charge on any atom is -0.477 e. The fourth-order valence-electron chi connectivity index (χ4n) is 2.84. The molecule has 0 aliphatic carbocycles. The van der Waals surface area contributed by atoms with Crippen LogP contribution in [0.2, 0.25) is 0 Å². The number of aromatic nitrogens is 1. The summed E-state index contributed by atoms with van der Waals surface area (Å²) < 4.78 is 0. The number of nitrogens with zero attached hydrogens (tertiary/aromatic N) is 2. The summed E-state index contributed by atoms with van der Waals surface area (Å²) in [6.45, 7) is 1.97. The number of β-lactam (4-membered cyclic amide) rings is 1. The maximum Gasteiger partial charge on any atom is 0.353 e. The summed E-state index contributed by atoms with van der Waals surface area (Å²) >= 11 is 1.41. The van der Waals surface area contributed by atoms with E-state index in [0.717, 1.165) is 16.2 Å². The van der Waals surface area contributed by atoms with Crippen LogP contribution in [0.1, 0.15) is 19.8 Å². The van der Waals surface area contributed by atoms with Crippen molar-refractivity contribution in [1.82, 2.24) is 9.88 Å². The molecule has 2 atom stereocenters. The van der Waals surface area contributed by atoms with Gasteiger partial charge in [-0.1, -0.05) is 18.7 Å². The molecule has 1 amide bonds. The molecule has 1 N–H and O–H groups in total. The minimum atomic E-state index is -1.02. The van der Waals surface area contributed by atoms with E-state index in [0.29, 0.717) is 6.42 Å². The molecule has 5 nitrogen and oxygen atoms in total. The first-order valence-electron chi connectivity index (χ1n) is 6.51. The van der Waals surface area contributed by atoms with Crippen LogP contribution in [0.4, 0.5) is 0 Å². The fourth-order valence-corrected chi connectivity index (χ4v) is 3.92. The molecule has 20 heavy (non-hydrogen) atoms. The third-order valence-corrected chi connectivity index (χ3v) is 4.90. The molecule has 1 aromatic heterocycles. The van der Waals surface area contributed by atoms with E-state index in [4.69, 9.17) is 0 Å². The smallest absolute Gasteiger partial charge is 0.353 e. The molecule has 1 saturated heterocycles. The van der Waals surface area contributed by atoms with E-state index in [1.54, 1.807) is 12.4 Å². The Labute approximate surface area is 120 Å². The molecule has 3 heterocycles. The van der Waals surface area contributed by atoms with Gasteiger partial charge < -0.3 is 10.0 Å². The van der Waals surface area contributed by atoms with Gasteiger partial charge in [0, 0.05) is 28.6 Å². The quantitative estimate of drug-likeness (QED) is 0.860. The van der Waals surface area contributed by atoms with Crippen molar-refractivity contribution in [3.63, 3.8) is 0 Å². The van der Waals surface area contributed by atoms with Crippen LogP contribution >= 0.6 is 11.8 Å². The maximum atomic E-state index is 12.0. The highest BCUT2D eigenvalue weighted by Gasteiger charge is 2.54. The first-order chi connectivity index (χ1) is 9.63. The fraction of sp³-hybridized carbons (Fsp3) is 0.357. The van der Waals surface area contributed by atoms with Gasteiger partial charge >= 0.3 is 5.97 Å².